The van der Waals surface area contributed by atoms with Crippen molar-refractivity contribution in [3.05, 3.63) is 24.3 Å². The van der Waals surface area contributed by atoms with E-state index in [2.05, 4.69) is 35.1 Å². The third-order valence-corrected chi connectivity index (χ3v) is 9.60. The predicted octanol–water partition coefficient (Wildman–Crippen LogP) is 6.27. The first kappa shape index (κ1) is 25.0. The smallest absolute Gasteiger partial charge is 0.224 e. The van der Waals surface area contributed by atoms with E-state index in [1.165, 1.54) is 25.7 Å². The Kier molecular flexibility index (Phi) is 6.24. The maximum Gasteiger partial charge on any atom is 0.370 e. The molecule has 3 aliphatic rings. The number of benzene rings is 1. The molecule has 1 aromatic carbocycles. The second-order valence-electron chi connectivity index (χ2n) is 8.63. The Balaban J connectivity index is 0.000000325. The Hall–Kier alpha value is -1.10. The zero-order valence-corrected chi connectivity index (χ0v) is 19.7. The second-order valence-corrected chi connectivity index (χ2v) is 13.3. The fraction of sp³-hybridized carbons (Fsp3) is 0.667. The fourth-order valence-corrected chi connectivity index (χ4v) is 8.47. The Morgan fingerprint density at radius 2 is 1.33 bits per heavy atom. The molecule has 15 heteroatoms. The van der Waals surface area contributed by atoms with Gasteiger partial charge in [0.25, 0.3) is 0 Å². The minimum absolute atomic E-state index is 0.0990. The van der Waals surface area contributed by atoms with Crippen molar-refractivity contribution >= 4 is 26.8 Å². The van der Waals surface area contributed by atoms with E-state index in [0.717, 1.165) is 56.6 Å². The Bertz CT molecular complexity index is 951. The van der Waals surface area contributed by atoms with Gasteiger partial charge < -0.3 is 0 Å². The second kappa shape index (κ2) is 8.24. The molecule has 0 bridgehead atoms. The van der Waals surface area contributed by atoms with Crippen LogP contribution in [0.4, 0.5) is 25.2 Å². The number of halogens is 6. The van der Waals surface area contributed by atoms with Gasteiger partial charge in [0.05, 0.1) is 5.52 Å². The first-order chi connectivity index (χ1) is 15.2. The Labute approximate surface area is 188 Å². The Morgan fingerprint density at radius 3 is 1.88 bits per heavy atom. The van der Waals surface area contributed by atoms with Crippen molar-refractivity contribution in [2.24, 2.45) is 0 Å². The summed E-state index contributed by atoms with van der Waals surface area (Å²) < 4.78 is 68.4. The summed E-state index contributed by atoms with van der Waals surface area (Å²) in [7, 11) is -13.1. The van der Waals surface area contributed by atoms with Crippen molar-refractivity contribution in [1.29, 1.82) is 0 Å². The van der Waals surface area contributed by atoms with Gasteiger partial charge in [0.15, 0.2) is 0 Å². The SMILES string of the molecule is F[P-](F)(F)(F)(F)F.O[P+](N1CCCC1)(N1CCCC1)N1CCCC1n1nnc2ccccc21. The number of fused-ring (bicyclic) bond motifs is 1. The molecule has 188 valence electrons. The normalized spacial score (nSPS) is 25.7. The van der Waals surface area contributed by atoms with Crippen molar-refractivity contribution in [3.8, 4) is 0 Å². The third kappa shape index (κ3) is 6.13. The standard InChI is InChI=1S/C18H28N6OP.F6P/c25-26(21-11-3-4-12-21,22-13-5-6-14-22)23-15-7-10-18(23)24-17-9-2-1-8-16(17)19-20-24;1-7(2,3,4,5)6/h1-2,8-9,18,25H,3-7,10-15H2;/q+1;-1. The van der Waals surface area contributed by atoms with Crippen molar-refractivity contribution in [1.82, 2.24) is 29.0 Å². The molecule has 1 atom stereocenters. The van der Waals surface area contributed by atoms with Gasteiger partial charge in [0.2, 0.25) is 0 Å². The van der Waals surface area contributed by atoms with Gasteiger partial charge in [-0.1, -0.05) is 22.0 Å². The van der Waals surface area contributed by atoms with E-state index < -0.39 is 15.8 Å². The molecule has 0 radical (unpaired) electrons. The summed E-state index contributed by atoms with van der Waals surface area (Å²) in [5.74, 6) is 0. The van der Waals surface area contributed by atoms with Crippen LogP contribution in [0.25, 0.3) is 11.0 Å². The summed E-state index contributed by atoms with van der Waals surface area (Å²) in [6, 6.07) is 8.16. The summed E-state index contributed by atoms with van der Waals surface area (Å²) in [6.45, 7) is 5.00. The van der Waals surface area contributed by atoms with Crippen LogP contribution < -0.4 is 0 Å². The van der Waals surface area contributed by atoms with Crippen LogP contribution in [0.1, 0.15) is 44.7 Å². The minimum Gasteiger partial charge on any atom is -0.224 e. The third-order valence-electron chi connectivity index (χ3n) is 6.12. The summed E-state index contributed by atoms with van der Waals surface area (Å²) in [5, 5.41) is 8.85. The van der Waals surface area contributed by atoms with Gasteiger partial charge in [-0.25, -0.2) is 4.68 Å². The fourth-order valence-electron chi connectivity index (χ4n) is 4.84. The molecule has 1 N–H and O–H groups in total. The molecular formula is C18H28F6N6OP2. The molecule has 1 aromatic heterocycles. The number of aromatic nitrogens is 3. The molecule has 3 aliphatic heterocycles. The molecular weight excluding hydrogens is 492 g/mol. The van der Waals surface area contributed by atoms with Gasteiger partial charge in [-0.2, -0.15) is 4.89 Å². The molecule has 3 fully saturated rings. The minimum atomic E-state index is -10.7. The number of hydrogen-bond acceptors (Lipinski definition) is 6. The molecule has 5 rings (SSSR count). The topological polar surface area (TPSA) is 60.7 Å². The molecule has 0 saturated carbocycles. The summed E-state index contributed by atoms with van der Waals surface area (Å²) in [6.07, 6.45) is 7.01. The van der Waals surface area contributed by atoms with Crippen molar-refractivity contribution in [3.63, 3.8) is 0 Å². The van der Waals surface area contributed by atoms with Gasteiger partial charge >= 0.3 is 40.9 Å². The van der Waals surface area contributed by atoms with Crippen LogP contribution in [0, 0.1) is 0 Å². The molecule has 0 aliphatic carbocycles. The molecule has 0 amide bonds. The maximum atomic E-state index is 12.2. The quantitative estimate of drug-likeness (QED) is 0.379. The van der Waals surface area contributed by atoms with Crippen LogP contribution in [-0.2, 0) is 0 Å². The largest absolute Gasteiger partial charge is 0.370 e. The average Bonchev–Trinajstić information content (AvgIpc) is 3.52. The first-order valence-corrected chi connectivity index (χ1v) is 14.6. The van der Waals surface area contributed by atoms with Gasteiger partial charge in [-0.3, -0.25) is 0 Å². The Morgan fingerprint density at radius 1 is 0.818 bits per heavy atom. The van der Waals surface area contributed by atoms with E-state index in [0.29, 0.717) is 0 Å². The van der Waals surface area contributed by atoms with Gasteiger partial charge in [-0.05, 0) is 50.7 Å². The number of nitrogens with zero attached hydrogens (tertiary/aromatic N) is 6. The summed E-state index contributed by atoms with van der Waals surface area (Å²) in [4.78, 5) is 12.2. The molecule has 7 nitrogen and oxygen atoms in total. The van der Waals surface area contributed by atoms with E-state index in [9.17, 15) is 30.1 Å². The number of para-hydroxylation sites is 1. The van der Waals surface area contributed by atoms with E-state index in [1.54, 1.807) is 0 Å². The molecule has 0 spiro atoms. The molecule has 2 aromatic rings. The van der Waals surface area contributed by atoms with Crippen molar-refractivity contribution in [2.75, 3.05) is 32.7 Å². The number of hydrogen-bond donors (Lipinski definition) is 1. The maximum absolute atomic E-state index is 12.2. The molecule has 1 unspecified atom stereocenters. The molecule has 3 saturated heterocycles. The van der Waals surface area contributed by atoms with Gasteiger partial charge in [-0.15, -0.1) is 14.4 Å². The van der Waals surface area contributed by atoms with Gasteiger partial charge in [0, 0.05) is 32.7 Å². The van der Waals surface area contributed by atoms with Crippen LogP contribution in [-0.4, -0.2) is 66.6 Å². The molecule has 33 heavy (non-hydrogen) atoms. The van der Waals surface area contributed by atoms with E-state index >= 15 is 0 Å². The summed E-state index contributed by atoms with van der Waals surface area (Å²) >= 11 is 0. The summed E-state index contributed by atoms with van der Waals surface area (Å²) in [5.41, 5.74) is 2.00. The van der Waals surface area contributed by atoms with Crippen molar-refractivity contribution in [2.45, 2.75) is 44.7 Å². The average molecular weight is 520 g/mol. The first-order valence-electron chi connectivity index (χ1n) is 11.0. The zero-order valence-electron chi connectivity index (χ0n) is 18.0. The van der Waals surface area contributed by atoms with E-state index in [4.69, 9.17) is 0 Å². The number of rotatable bonds is 4. The molecule has 4 heterocycles. The van der Waals surface area contributed by atoms with Crippen molar-refractivity contribution < 1.29 is 30.1 Å². The van der Waals surface area contributed by atoms with Crippen LogP contribution in [0.5, 0.6) is 0 Å². The van der Waals surface area contributed by atoms with Crippen LogP contribution in [0.3, 0.4) is 0 Å². The van der Waals surface area contributed by atoms with Crippen LogP contribution >= 0.6 is 15.8 Å². The zero-order chi connectivity index (χ0) is 24.0. The monoisotopic (exact) mass is 520 g/mol. The van der Waals surface area contributed by atoms with E-state index in [1.807, 2.05) is 18.2 Å². The van der Waals surface area contributed by atoms with Crippen LogP contribution in [0.2, 0.25) is 0 Å². The predicted molar refractivity (Wildman–Crippen MR) is 117 cm³/mol. The van der Waals surface area contributed by atoms with Gasteiger partial charge in [0.1, 0.15) is 11.7 Å². The van der Waals surface area contributed by atoms with E-state index in [-0.39, 0.29) is 6.17 Å². The van der Waals surface area contributed by atoms with Crippen LogP contribution in [0.15, 0.2) is 24.3 Å².